The first kappa shape index (κ1) is 18.8. The molecule has 0 aliphatic carbocycles. The SMILES string of the molecule is CC[C@@H](C)[C@H](NC(=O)[C@@H]1N2C(=O)c3ccccc3[C@@H]2SC1(C)C)C(=O)O. The highest BCUT2D eigenvalue weighted by molar-refractivity contribution is 8.01. The van der Waals surface area contributed by atoms with E-state index in [1.54, 1.807) is 29.7 Å². The molecular weight excluding hydrogens is 352 g/mol. The van der Waals surface area contributed by atoms with E-state index in [2.05, 4.69) is 5.32 Å². The number of carbonyl (C=O) groups is 3. The summed E-state index contributed by atoms with van der Waals surface area (Å²) < 4.78 is -0.517. The number of carbonyl (C=O) groups excluding carboxylic acids is 2. The molecular formula is C19H24N2O4S. The van der Waals surface area contributed by atoms with E-state index in [1.807, 2.05) is 39.0 Å². The van der Waals surface area contributed by atoms with E-state index in [4.69, 9.17) is 0 Å². The molecule has 2 amide bonds. The Labute approximate surface area is 157 Å². The summed E-state index contributed by atoms with van der Waals surface area (Å²) in [6, 6.07) is 5.71. The number of carboxylic acid groups (broad SMARTS) is 1. The molecule has 0 bridgehead atoms. The molecule has 0 saturated carbocycles. The Morgan fingerprint density at radius 1 is 1.35 bits per heavy atom. The van der Waals surface area contributed by atoms with Gasteiger partial charge in [-0.05, 0) is 31.4 Å². The van der Waals surface area contributed by atoms with Crippen molar-refractivity contribution in [3.05, 3.63) is 35.4 Å². The van der Waals surface area contributed by atoms with Crippen LogP contribution in [0.15, 0.2) is 24.3 Å². The molecule has 1 saturated heterocycles. The van der Waals surface area contributed by atoms with E-state index in [0.717, 1.165) is 5.56 Å². The number of benzene rings is 1. The highest BCUT2D eigenvalue weighted by Crippen LogP contribution is 2.56. The zero-order valence-electron chi connectivity index (χ0n) is 15.4. The van der Waals surface area contributed by atoms with Gasteiger partial charge in [0.15, 0.2) is 0 Å². The average molecular weight is 376 g/mol. The third kappa shape index (κ3) is 2.88. The number of hydrogen-bond donors (Lipinski definition) is 2. The molecule has 2 aliphatic rings. The smallest absolute Gasteiger partial charge is 0.326 e. The summed E-state index contributed by atoms with van der Waals surface area (Å²) in [5.41, 5.74) is 1.54. The summed E-state index contributed by atoms with van der Waals surface area (Å²) in [6.45, 7) is 7.54. The fourth-order valence-electron chi connectivity index (χ4n) is 3.72. The number of fused-ring (bicyclic) bond motifs is 3. The third-order valence-electron chi connectivity index (χ3n) is 5.32. The second-order valence-electron chi connectivity index (χ2n) is 7.49. The molecule has 0 unspecified atom stereocenters. The number of nitrogens with zero attached hydrogens (tertiary/aromatic N) is 1. The molecule has 26 heavy (non-hydrogen) atoms. The van der Waals surface area contributed by atoms with Crippen molar-refractivity contribution in [2.24, 2.45) is 5.92 Å². The predicted molar refractivity (Wildman–Crippen MR) is 99.8 cm³/mol. The first-order valence-corrected chi connectivity index (χ1v) is 9.69. The van der Waals surface area contributed by atoms with E-state index < -0.39 is 28.7 Å². The maximum atomic E-state index is 13.1. The van der Waals surface area contributed by atoms with Gasteiger partial charge in [0.05, 0.1) is 0 Å². The van der Waals surface area contributed by atoms with E-state index in [1.165, 1.54) is 0 Å². The van der Waals surface area contributed by atoms with Crippen LogP contribution in [0.4, 0.5) is 0 Å². The van der Waals surface area contributed by atoms with Crippen molar-refractivity contribution in [3.8, 4) is 0 Å². The fraction of sp³-hybridized carbons (Fsp3) is 0.526. The zero-order valence-corrected chi connectivity index (χ0v) is 16.2. The largest absolute Gasteiger partial charge is 0.480 e. The van der Waals surface area contributed by atoms with Crippen molar-refractivity contribution >= 4 is 29.5 Å². The van der Waals surface area contributed by atoms with Crippen LogP contribution in [0, 0.1) is 5.92 Å². The number of carboxylic acids is 1. The fourth-order valence-corrected chi connectivity index (χ4v) is 5.31. The van der Waals surface area contributed by atoms with Crippen LogP contribution in [-0.4, -0.2) is 44.6 Å². The van der Waals surface area contributed by atoms with Crippen LogP contribution >= 0.6 is 11.8 Å². The molecule has 0 aromatic heterocycles. The average Bonchev–Trinajstić information content (AvgIpc) is 3.02. The van der Waals surface area contributed by atoms with Crippen LogP contribution < -0.4 is 5.32 Å². The standard InChI is InChI=1S/C19H24N2O4S/c1-5-10(2)13(18(24)25)20-15(22)14-19(3,4)26-17-12-9-7-6-8-11(12)16(23)21(14)17/h6-10,13-14,17H,5H2,1-4H3,(H,20,22)(H,24,25)/t10-,13+,14+,17+/m1/s1. The van der Waals surface area contributed by atoms with Crippen molar-refractivity contribution in [1.29, 1.82) is 0 Å². The minimum absolute atomic E-state index is 0.167. The van der Waals surface area contributed by atoms with Crippen LogP contribution in [-0.2, 0) is 9.59 Å². The summed E-state index contributed by atoms with van der Waals surface area (Å²) in [7, 11) is 0. The van der Waals surface area contributed by atoms with E-state index in [9.17, 15) is 19.5 Å². The summed E-state index contributed by atoms with van der Waals surface area (Å²) >= 11 is 1.57. The Bertz CT molecular complexity index is 764. The third-order valence-corrected chi connectivity index (χ3v) is 6.86. The summed E-state index contributed by atoms with van der Waals surface area (Å²) in [5, 5.41) is 11.9. The maximum absolute atomic E-state index is 13.1. The van der Waals surface area contributed by atoms with Gasteiger partial charge in [-0.15, -0.1) is 11.8 Å². The lowest BCUT2D eigenvalue weighted by atomic mass is 9.96. The zero-order chi connectivity index (χ0) is 19.2. The van der Waals surface area contributed by atoms with Crippen LogP contribution in [0.3, 0.4) is 0 Å². The Morgan fingerprint density at radius 2 is 2.00 bits per heavy atom. The molecule has 0 radical (unpaired) electrons. The lowest BCUT2D eigenvalue weighted by Crippen LogP contribution is -2.56. The summed E-state index contributed by atoms with van der Waals surface area (Å²) in [6.07, 6.45) is 0.636. The molecule has 6 nitrogen and oxygen atoms in total. The first-order chi connectivity index (χ1) is 12.2. The predicted octanol–water partition coefficient (Wildman–Crippen LogP) is 2.65. The van der Waals surface area contributed by atoms with Crippen molar-refractivity contribution in [2.45, 2.75) is 56.3 Å². The van der Waals surface area contributed by atoms with E-state index in [-0.39, 0.29) is 17.2 Å². The Balaban J connectivity index is 1.91. The Morgan fingerprint density at radius 3 is 2.62 bits per heavy atom. The molecule has 1 fully saturated rings. The molecule has 4 atom stereocenters. The monoisotopic (exact) mass is 376 g/mol. The highest BCUT2D eigenvalue weighted by atomic mass is 32.2. The number of aliphatic carboxylic acids is 1. The molecule has 2 aliphatic heterocycles. The quantitative estimate of drug-likeness (QED) is 0.825. The molecule has 2 heterocycles. The topological polar surface area (TPSA) is 86.7 Å². The molecule has 3 rings (SSSR count). The van der Waals surface area contributed by atoms with Crippen molar-refractivity contribution in [1.82, 2.24) is 10.2 Å². The highest BCUT2D eigenvalue weighted by Gasteiger charge is 2.57. The molecule has 140 valence electrons. The normalized spacial score (nSPS) is 25.4. The second kappa shape index (κ2) is 6.61. The second-order valence-corrected chi connectivity index (χ2v) is 9.22. The molecule has 2 N–H and O–H groups in total. The molecule has 1 aromatic rings. The van der Waals surface area contributed by atoms with Gasteiger partial charge in [-0.3, -0.25) is 9.59 Å². The van der Waals surface area contributed by atoms with Gasteiger partial charge in [-0.1, -0.05) is 38.5 Å². The van der Waals surface area contributed by atoms with Crippen molar-refractivity contribution in [3.63, 3.8) is 0 Å². The van der Waals surface area contributed by atoms with Gasteiger partial charge < -0.3 is 15.3 Å². The minimum atomic E-state index is -1.05. The maximum Gasteiger partial charge on any atom is 0.326 e. The number of amides is 2. The number of nitrogens with one attached hydrogen (secondary N) is 1. The molecule has 0 spiro atoms. The Kier molecular flexibility index (Phi) is 4.77. The van der Waals surface area contributed by atoms with Gasteiger partial charge >= 0.3 is 5.97 Å². The number of hydrogen-bond acceptors (Lipinski definition) is 4. The van der Waals surface area contributed by atoms with E-state index >= 15 is 0 Å². The number of rotatable bonds is 5. The number of thioether (sulfide) groups is 1. The van der Waals surface area contributed by atoms with Gasteiger partial charge in [0.25, 0.3) is 5.91 Å². The van der Waals surface area contributed by atoms with Crippen LogP contribution in [0.1, 0.15) is 55.4 Å². The Hall–Kier alpha value is -2.02. The van der Waals surface area contributed by atoms with Gasteiger partial charge in [0.1, 0.15) is 17.5 Å². The van der Waals surface area contributed by atoms with Crippen LogP contribution in [0.5, 0.6) is 0 Å². The molecule has 1 aromatic carbocycles. The first-order valence-electron chi connectivity index (χ1n) is 8.81. The van der Waals surface area contributed by atoms with Gasteiger partial charge in [0.2, 0.25) is 5.91 Å². The van der Waals surface area contributed by atoms with Crippen molar-refractivity contribution < 1.29 is 19.5 Å². The van der Waals surface area contributed by atoms with Gasteiger partial charge in [0, 0.05) is 10.3 Å². The lowest BCUT2D eigenvalue weighted by molar-refractivity contribution is -0.144. The minimum Gasteiger partial charge on any atom is -0.480 e. The van der Waals surface area contributed by atoms with Gasteiger partial charge in [-0.2, -0.15) is 0 Å². The lowest BCUT2D eigenvalue weighted by Gasteiger charge is -2.31. The summed E-state index contributed by atoms with van der Waals surface area (Å²) in [4.78, 5) is 39.2. The van der Waals surface area contributed by atoms with Crippen LogP contribution in [0.25, 0.3) is 0 Å². The van der Waals surface area contributed by atoms with Crippen LogP contribution in [0.2, 0.25) is 0 Å². The summed E-state index contributed by atoms with van der Waals surface area (Å²) in [5.74, 6) is -1.82. The molecule has 7 heteroatoms. The van der Waals surface area contributed by atoms with Crippen molar-refractivity contribution in [2.75, 3.05) is 0 Å². The van der Waals surface area contributed by atoms with E-state index in [0.29, 0.717) is 12.0 Å². The van der Waals surface area contributed by atoms with Gasteiger partial charge in [-0.25, -0.2) is 4.79 Å².